The van der Waals surface area contributed by atoms with E-state index in [9.17, 15) is 4.79 Å². The molecule has 4 heteroatoms. The predicted octanol–water partition coefficient (Wildman–Crippen LogP) is 1.31. The van der Waals surface area contributed by atoms with E-state index in [2.05, 4.69) is 5.10 Å². The number of aryl methyl sites for hydroxylation is 1. The summed E-state index contributed by atoms with van der Waals surface area (Å²) in [6.07, 6.45) is 4.33. The number of carboxylic acids is 1. The number of nitrogens with zero attached hydrogens (tertiary/aromatic N) is 2. The molecule has 0 radical (unpaired) electrons. The summed E-state index contributed by atoms with van der Waals surface area (Å²) in [4.78, 5) is 10.2. The number of carbonyl (C=O) groups is 1. The van der Waals surface area contributed by atoms with Gasteiger partial charge in [0.05, 0.1) is 6.20 Å². The molecule has 4 nitrogen and oxygen atoms in total. The minimum atomic E-state index is -0.941. The van der Waals surface area contributed by atoms with Crippen molar-refractivity contribution < 1.29 is 9.90 Å². The fraction of sp³-hybridized carbons (Fsp3) is 0.333. The summed E-state index contributed by atoms with van der Waals surface area (Å²) >= 11 is 0. The van der Waals surface area contributed by atoms with Crippen LogP contribution >= 0.6 is 0 Å². The Labute approximate surface area is 76.5 Å². The molecule has 0 aliphatic carbocycles. The smallest absolute Gasteiger partial charge is 0.328 e. The molecule has 0 bridgehead atoms. The highest BCUT2D eigenvalue weighted by Gasteiger charge is 2.01. The van der Waals surface area contributed by atoms with E-state index >= 15 is 0 Å². The summed E-state index contributed by atoms with van der Waals surface area (Å²) in [5.74, 6) is -0.941. The number of aliphatic carboxylic acids is 1. The van der Waals surface area contributed by atoms with Gasteiger partial charge in [-0.15, -0.1) is 0 Å². The van der Waals surface area contributed by atoms with E-state index < -0.39 is 5.97 Å². The van der Waals surface area contributed by atoms with E-state index in [1.807, 2.05) is 18.5 Å². The Morgan fingerprint density at radius 1 is 1.77 bits per heavy atom. The lowest BCUT2D eigenvalue weighted by Crippen LogP contribution is -1.98. The van der Waals surface area contributed by atoms with Crippen molar-refractivity contribution in [2.24, 2.45) is 0 Å². The van der Waals surface area contributed by atoms with Crippen LogP contribution in [0.5, 0.6) is 0 Å². The van der Waals surface area contributed by atoms with Crippen LogP contribution in [0.25, 0.3) is 6.08 Å². The fourth-order valence-corrected chi connectivity index (χ4v) is 1.10. The van der Waals surface area contributed by atoms with Crippen LogP contribution in [-0.4, -0.2) is 20.9 Å². The van der Waals surface area contributed by atoms with Crippen LogP contribution < -0.4 is 0 Å². The average Bonchev–Trinajstić information content (AvgIpc) is 2.43. The largest absolute Gasteiger partial charge is 0.478 e. The van der Waals surface area contributed by atoms with E-state index in [0.717, 1.165) is 23.9 Å². The maximum Gasteiger partial charge on any atom is 0.328 e. The normalized spacial score (nSPS) is 10.9. The number of aromatic nitrogens is 2. The van der Waals surface area contributed by atoms with Crippen molar-refractivity contribution in [1.29, 1.82) is 0 Å². The molecule has 0 aromatic carbocycles. The van der Waals surface area contributed by atoms with Crippen molar-refractivity contribution in [3.63, 3.8) is 0 Å². The maximum absolute atomic E-state index is 10.2. The Hall–Kier alpha value is -1.58. The number of rotatable bonds is 3. The minimum absolute atomic E-state index is 0.798. The first kappa shape index (κ1) is 9.51. The minimum Gasteiger partial charge on any atom is -0.478 e. The van der Waals surface area contributed by atoms with Crippen molar-refractivity contribution in [1.82, 2.24) is 9.78 Å². The first-order valence-electron chi connectivity index (χ1n) is 4.08. The van der Waals surface area contributed by atoms with Crippen LogP contribution in [-0.2, 0) is 11.3 Å². The van der Waals surface area contributed by atoms with Gasteiger partial charge in [-0.2, -0.15) is 5.10 Å². The molecule has 0 fully saturated rings. The van der Waals surface area contributed by atoms with Gasteiger partial charge in [-0.1, -0.05) is 0 Å². The van der Waals surface area contributed by atoms with Crippen molar-refractivity contribution in [2.75, 3.05) is 0 Å². The SMILES string of the molecule is CCn1ncc(/C=C\C(=O)O)c1C. The second kappa shape index (κ2) is 3.89. The summed E-state index contributed by atoms with van der Waals surface area (Å²) in [5.41, 5.74) is 1.84. The van der Waals surface area contributed by atoms with E-state index in [-0.39, 0.29) is 0 Å². The molecule has 1 rings (SSSR count). The van der Waals surface area contributed by atoms with E-state index in [1.54, 1.807) is 12.3 Å². The first-order chi connectivity index (χ1) is 6.15. The zero-order chi connectivity index (χ0) is 9.84. The monoisotopic (exact) mass is 180 g/mol. The zero-order valence-electron chi connectivity index (χ0n) is 7.69. The molecule has 13 heavy (non-hydrogen) atoms. The molecule has 0 aliphatic heterocycles. The molecule has 1 heterocycles. The van der Waals surface area contributed by atoms with Gasteiger partial charge in [0.25, 0.3) is 0 Å². The lowest BCUT2D eigenvalue weighted by molar-refractivity contribution is -0.131. The van der Waals surface area contributed by atoms with Crippen LogP contribution in [0.4, 0.5) is 0 Å². The Morgan fingerprint density at radius 3 is 2.92 bits per heavy atom. The van der Waals surface area contributed by atoms with Crippen molar-refractivity contribution in [3.05, 3.63) is 23.5 Å². The third-order valence-electron chi connectivity index (χ3n) is 1.85. The maximum atomic E-state index is 10.2. The van der Waals surface area contributed by atoms with Gasteiger partial charge in [-0.3, -0.25) is 4.68 Å². The van der Waals surface area contributed by atoms with Gasteiger partial charge in [-0.05, 0) is 19.9 Å². The third kappa shape index (κ3) is 2.18. The Kier molecular flexibility index (Phi) is 2.84. The third-order valence-corrected chi connectivity index (χ3v) is 1.85. The average molecular weight is 180 g/mol. The number of hydrogen-bond acceptors (Lipinski definition) is 2. The van der Waals surface area contributed by atoms with Gasteiger partial charge in [0.15, 0.2) is 0 Å². The molecule has 0 saturated carbocycles. The summed E-state index contributed by atoms with van der Waals surface area (Å²) in [5, 5.41) is 12.5. The number of hydrogen-bond donors (Lipinski definition) is 1. The van der Waals surface area contributed by atoms with Crippen LogP contribution in [0.3, 0.4) is 0 Å². The highest BCUT2D eigenvalue weighted by Crippen LogP contribution is 2.08. The van der Waals surface area contributed by atoms with Crippen LogP contribution in [0.15, 0.2) is 12.3 Å². The highest BCUT2D eigenvalue weighted by atomic mass is 16.4. The molecule has 0 amide bonds. The molecule has 1 aromatic heterocycles. The van der Waals surface area contributed by atoms with Gasteiger partial charge >= 0.3 is 5.97 Å². The summed E-state index contributed by atoms with van der Waals surface area (Å²) < 4.78 is 1.82. The van der Waals surface area contributed by atoms with E-state index in [4.69, 9.17) is 5.11 Å². The number of carboxylic acid groups (broad SMARTS) is 1. The molecule has 1 aromatic rings. The quantitative estimate of drug-likeness (QED) is 0.713. The molecule has 0 aliphatic rings. The molecular formula is C9H12N2O2. The molecule has 0 unspecified atom stereocenters. The van der Waals surface area contributed by atoms with Crippen LogP contribution in [0.1, 0.15) is 18.2 Å². The van der Waals surface area contributed by atoms with Gasteiger partial charge in [0.1, 0.15) is 0 Å². The first-order valence-corrected chi connectivity index (χ1v) is 4.08. The second-order valence-corrected chi connectivity index (χ2v) is 2.67. The predicted molar refractivity (Wildman–Crippen MR) is 49.3 cm³/mol. The van der Waals surface area contributed by atoms with Crippen LogP contribution in [0, 0.1) is 6.92 Å². The molecule has 0 saturated heterocycles. The second-order valence-electron chi connectivity index (χ2n) is 2.67. The Balaban J connectivity index is 2.90. The molecule has 1 N–H and O–H groups in total. The topological polar surface area (TPSA) is 55.1 Å². The molecule has 0 atom stereocenters. The van der Waals surface area contributed by atoms with Crippen molar-refractivity contribution in [3.8, 4) is 0 Å². The zero-order valence-corrected chi connectivity index (χ0v) is 7.69. The van der Waals surface area contributed by atoms with Gasteiger partial charge in [0.2, 0.25) is 0 Å². The standard InChI is InChI=1S/C9H12N2O2/c1-3-11-7(2)8(6-10-11)4-5-9(12)13/h4-6H,3H2,1-2H3,(H,12,13)/b5-4-. The Morgan fingerprint density at radius 2 is 2.46 bits per heavy atom. The van der Waals surface area contributed by atoms with Crippen molar-refractivity contribution in [2.45, 2.75) is 20.4 Å². The Bertz CT molecular complexity index is 339. The van der Waals surface area contributed by atoms with Crippen molar-refractivity contribution >= 4 is 12.0 Å². The lowest BCUT2D eigenvalue weighted by Gasteiger charge is -1.97. The summed E-state index contributed by atoms with van der Waals surface area (Å²) in [6, 6.07) is 0. The van der Waals surface area contributed by atoms with Gasteiger partial charge < -0.3 is 5.11 Å². The molecule has 70 valence electrons. The summed E-state index contributed by atoms with van der Waals surface area (Å²) in [6.45, 7) is 4.70. The highest BCUT2D eigenvalue weighted by molar-refractivity contribution is 5.85. The van der Waals surface area contributed by atoms with Gasteiger partial charge in [-0.25, -0.2) is 4.79 Å². The summed E-state index contributed by atoms with van der Waals surface area (Å²) in [7, 11) is 0. The molecule has 0 spiro atoms. The van der Waals surface area contributed by atoms with Gasteiger partial charge in [0, 0.05) is 23.9 Å². The molecular weight excluding hydrogens is 168 g/mol. The van der Waals surface area contributed by atoms with E-state index in [0.29, 0.717) is 0 Å². The van der Waals surface area contributed by atoms with E-state index in [1.165, 1.54) is 0 Å². The fourth-order valence-electron chi connectivity index (χ4n) is 1.10. The lowest BCUT2D eigenvalue weighted by atomic mass is 10.2. The van der Waals surface area contributed by atoms with Crippen LogP contribution in [0.2, 0.25) is 0 Å².